The molecule has 3 heteroatoms. The summed E-state index contributed by atoms with van der Waals surface area (Å²) in [5, 5.41) is 2.47. The van der Waals surface area contributed by atoms with Gasteiger partial charge < -0.3 is 14.2 Å². The Labute approximate surface area is 322 Å². The highest BCUT2D eigenvalue weighted by Gasteiger charge is 2.28. The van der Waals surface area contributed by atoms with E-state index in [1.165, 1.54) is 44.1 Å². The van der Waals surface area contributed by atoms with Crippen molar-refractivity contribution in [3.8, 4) is 50.6 Å². The van der Waals surface area contributed by atoms with Crippen molar-refractivity contribution >= 4 is 38.9 Å². The van der Waals surface area contributed by atoms with Gasteiger partial charge in [0.1, 0.15) is 0 Å². The van der Waals surface area contributed by atoms with Crippen molar-refractivity contribution < 1.29 is 4.74 Å². The molecule has 0 amide bonds. The molecule has 10 rings (SSSR count). The van der Waals surface area contributed by atoms with Crippen LogP contribution in [0, 0.1) is 0 Å². The normalized spacial score (nSPS) is 12.1. The Balaban J connectivity index is 1.07. The Morgan fingerprint density at radius 2 is 0.964 bits per heavy atom. The number of aromatic nitrogens is 1. The molecule has 264 valence electrons. The number of ether oxygens (including phenoxy) is 1. The van der Waals surface area contributed by atoms with Gasteiger partial charge in [-0.3, -0.25) is 0 Å². The van der Waals surface area contributed by atoms with Crippen LogP contribution in [0.15, 0.2) is 188 Å². The Kier molecular flexibility index (Phi) is 7.71. The topological polar surface area (TPSA) is 17.4 Å². The second-order valence-electron chi connectivity index (χ2n) is 15.4. The van der Waals surface area contributed by atoms with E-state index in [-0.39, 0.29) is 5.41 Å². The van der Waals surface area contributed by atoms with Crippen LogP contribution in [0.1, 0.15) is 26.3 Å². The van der Waals surface area contributed by atoms with E-state index in [1.54, 1.807) is 0 Å². The van der Waals surface area contributed by atoms with Gasteiger partial charge in [-0.15, -0.1) is 0 Å². The molecule has 9 aromatic rings. The summed E-state index contributed by atoms with van der Waals surface area (Å²) in [6, 6.07) is 67.5. The first-order valence-electron chi connectivity index (χ1n) is 19.0. The van der Waals surface area contributed by atoms with Crippen molar-refractivity contribution in [2.24, 2.45) is 0 Å². The fraction of sp³-hybridized carbons (Fsp3) is 0.0769. The quantitative estimate of drug-likeness (QED) is 0.171. The maximum Gasteiger partial charge on any atom is 0.159 e. The van der Waals surface area contributed by atoms with Gasteiger partial charge in [-0.1, -0.05) is 148 Å². The maximum absolute atomic E-state index is 6.98. The highest BCUT2D eigenvalue weighted by molar-refractivity contribution is 6.12. The number of hydrogen-bond donors (Lipinski definition) is 0. The van der Waals surface area contributed by atoms with E-state index >= 15 is 0 Å². The lowest BCUT2D eigenvalue weighted by molar-refractivity contribution is 0.474. The molecule has 55 heavy (non-hydrogen) atoms. The Bertz CT molecular complexity index is 2750. The summed E-state index contributed by atoms with van der Waals surface area (Å²) in [4.78, 5) is 2.33. The van der Waals surface area contributed by atoms with E-state index < -0.39 is 0 Å². The second kappa shape index (κ2) is 12.9. The average Bonchev–Trinajstić information content (AvgIpc) is 3.57. The van der Waals surface area contributed by atoms with E-state index in [2.05, 4.69) is 218 Å². The number of anilines is 3. The summed E-state index contributed by atoms with van der Waals surface area (Å²) in [6.07, 6.45) is 0. The molecular weight excluding hydrogens is 669 g/mol. The third-order valence-electron chi connectivity index (χ3n) is 10.9. The second-order valence-corrected chi connectivity index (χ2v) is 15.4. The van der Waals surface area contributed by atoms with Crippen molar-refractivity contribution in [1.29, 1.82) is 0 Å². The smallest absolute Gasteiger partial charge is 0.159 e. The molecule has 0 saturated heterocycles. The van der Waals surface area contributed by atoms with Gasteiger partial charge in [-0.05, 0) is 99.5 Å². The number of hydrogen-bond acceptors (Lipinski definition) is 2. The van der Waals surface area contributed by atoms with E-state index in [4.69, 9.17) is 4.74 Å². The molecule has 0 unspecified atom stereocenters. The molecule has 1 aliphatic heterocycles. The number of para-hydroxylation sites is 2. The third kappa shape index (κ3) is 5.68. The number of fused-ring (bicyclic) bond motifs is 5. The summed E-state index contributed by atoms with van der Waals surface area (Å²) < 4.78 is 9.37. The standard InChI is InChI=1S/C52H40N2O/c1-52(2,3)40-33-46-45-17-10-11-19-47(45)54-48-20-12-18-44(51(48)55-49(34-40)50(46)54)39-25-31-43(32-26-39)53(41-27-21-37(22-28-41)35-13-6-4-7-14-35)42-29-23-38(24-30-42)36-15-8-5-9-16-36/h4-34H,1-3H3. The molecule has 1 aromatic heterocycles. The van der Waals surface area contributed by atoms with Gasteiger partial charge in [-0.2, -0.15) is 0 Å². The molecule has 2 heterocycles. The summed E-state index contributed by atoms with van der Waals surface area (Å²) in [5.74, 6) is 1.78. The molecule has 0 saturated carbocycles. The zero-order valence-corrected chi connectivity index (χ0v) is 31.2. The molecule has 0 aliphatic carbocycles. The van der Waals surface area contributed by atoms with E-state index in [1.807, 2.05) is 0 Å². The SMILES string of the molecule is CC(C)(C)c1cc2c3c(c1)c1ccccc1n3-c1cccc(-c3ccc(N(c4ccc(-c5ccccc5)cc4)c4ccc(-c5ccccc5)cc4)cc3)c1O2. The lowest BCUT2D eigenvalue weighted by Gasteiger charge is -2.27. The van der Waals surface area contributed by atoms with Crippen LogP contribution in [0.4, 0.5) is 17.1 Å². The van der Waals surface area contributed by atoms with Gasteiger partial charge in [0.2, 0.25) is 0 Å². The van der Waals surface area contributed by atoms with Gasteiger partial charge in [-0.25, -0.2) is 0 Å². The molecule has 8 aromatic carbocycles. The van der Waals surface area contributed by atoms with Gasteiger partial charge in [0.25, 0.3) is 0 Å². The number of benzene rings is 8. The molecular formula is C52H40N2O. The van der Waals surface area contributed by atoms with Gasteiger partial charge in [0.15, 0.2) is 11.5 Å². The van der Waals surface area contributed by atoms with Crippen molar-refractivity contribution in [2.45, 2.75) is 26.2 Å². The van der Waals surface area contributed by atoms with Crippen molar-refractivity contribution in [2.75, 3.05) is 4.90 Å². The van der Waals surface area contributed by atoms with Gasteiger partial charge in [0, 0.05) is 33.4 Å². The molecule has 0 bridgehead atoms. The van der Waals surface area contributed by atoms with Crippen LogP contribution in [0.25, 0.3) is 60.9 Å². The Morgan fingerprint density at radius 3 is 1.53 bits per heavy atom. The molecule has 0 N–H and O–H groups in total. The van der Waals surface area contributed by atoms with E-state index in [0.29, 0.717) is 0 Å². The zero-order chi connectivity index (χ0) is 37.1. The lowest BCUT2D eigenvalue weighted by Crippen LogP contribution is -2.12. The highest BCUT2D eigenvalue weighted by Crippen LogP contribution is 2.50. The number of rotatable bonds is 6. The first-order valence-corrected chi connectivity index (χ1v) is 19.0. The molecule has 0 spiro atoms. The molecule has 0 atom stereocenters. The number of nitrogens with zero attached hydrogens (tertiary/aromatic N) is 2. The maximum atomic E-state index is 6.98. The largest absolute Gasteiger partial charge is 0.452 e. The molecule has 0 fully saturated rings. The Hall–Kier alpha value is -6.84. The minimum atomic E-state index is -0.0253. The summed E-state index contributed by atoms with van der Waals surface area (Å²) in [6.45, 7) is 6.80. The van der Waals surface area contributed by atoms with Crippen LogP contribution in [0.2, 0.25) is 0 Å². The summed E-state index contributed by atoms with van der Waals surface area (Å²) in [5.41, 5.74) is 14.8. The average molecular weight is 709 g/mol. The predicted molar refractivity (Wildman–Crippen MR) is 231 cm³/mol. The molecule has 3 nitrogen and oxygen atoms in total. The third-order valence-corrected chi connectivity index (χ3v) is 10.9. The van der Waals surface area contributed by atoms with Crippen molar-refractivity contribution in [1.82, 2.24) is 4.57 Å². The van der Waals surface area contributed by atoms with Crippen LogP contribution >= 0.6 is 0 Å². The minimum absolute atomic E-state index is 0.0253. The monoisotopic (exact) mass is 708 g/mol. The fourth-order valence-corrected chi connectivity index (χ4v) is 8.07. The van der Waals surface area contributed by atoms with E-state index in [0.717, 1.165) is 50.9 Å². The fourth-order valence-electron chi connectivity index (χ4n) is 8.07. The summed E-state index contributed by atoms with van der Waals surface area (Å²) >= 11 is 0. The van der Waals surface area contributed by atoms with Crippen LogP contribution in [0.5, 0.6) is 11.5 Å². The van der Waals surface area contributed by atoms with Crippen LogP contribution in [0.3, 0.4) is 0 Å². The van der Waals surface area contributed by atoms with Crippen molar-refractivity contribution in [3.05, 3.63) is 194 Å². The first kappa shape index (κ1) is 32.8. The predicted octanol–water partition coefficient (Wildman–Crippen LogP) is 14.7. The zero-order valence-electron chi connectivity index (χ0n) is 31.2. The highest BCUT2D eigenvalue weighted by atomic mass is 16.5. The van der Waals surface area contributed by atoms with Crippen LogP contribution in [-0.4, -0.2) is 4.57 Å². The first-order chi connectivity index (χ1) is 26.9. The van der Waals surface area contributed by atoms with Crippen molar-refractivity contribution in [3.63, 3.8) is 0 Å². The Morgan fingerprint density at radius 1 is 0.455 bits per heavy atom. The van der Waals surface area contributed by atoms with Gasteiger partial charge in [0.05, 0.1) is 16.7 Å². The van der Waals surface area contributed by atoms with Crippen LogP contribution in [-0.2, 0) is 5.41 Å². The van der Waals surface area contributed by atoms with Crippen LogP contribution < -0.4 is 9.64 Å². The lowest BCUT2D eigenvalue weighted by atomic mass is 9.86. The minimum Gasteiger partial charge on any atom is -0.452 e. The van der Waals surface area contributed by atoms with E-state index in [9.17, 15) is 0 Å². The summed E-state index contributed by atoms with van der Waals surface area (Å²) in [7, 11) is 0. The molecule has 0 radical (unpaired) electrons. The van der Waals surface area contributed by atoms with Gasteiger partial charge >= 0.3 is 0 Å². The molecule has 1 aliphatic rings.